The predicted molar refractivity (Wildman–Crippen MR) is 89.0 cm³/mol. The number of carbonyl (C=O) groups is 2. The van der Waals surface area contributed by atoms with Gasteiger partial charge in [-0.1, -0.05) is 12.8 Å². The molecular weight excluding hydrogens is 278 g/mol. The Morgan fingerprint density at radius 3 is 2.18 bits per heavy atom. The summed E-state index contributed by atoms with van der Waals surface area (Å²) in [6.45, 7) is 6.08. The normalized spacial score (nSPS) is 14.6. The van der Waals surface area contributed by atoms with E-state index in [9.17, 15) is 9.59 Å². The van der Waals surface area contributed by atoms with E-state index in [1.807, 2.05) is 24.3 Å². The summed E-state index contributed by atoms with van der Waals surface area (Å²) in [4.78, 5) is 26.0. The van der Waals surface area contributed by atoms with Crippen LogP contribution in [-0.2, 0) is 9.59 Å². The number of amides is 2. The number of benzene rings is 1. The molecule has 0 bridgehead atoms. The SMILES string of the molecule is CCN(CC)c1ccc(NC(=O)C(=O)NC2CCCC2)cc1. The molecule has 0 atom stereocenters. The van der Waals surface area contributed by atoms with E-state index in [1.54, 1.807) is 0 Å². The average molecular weight is 303 g/mol. The van der Waals surface area contributed by atoms with Gasteiger partial charge in [0.1, 0.15) is 0 Å². The van der Waals surface area contributed by atoms with E-state index in [-0.39, 0.29) is 6.04 Å². The number of rotatable bonds is 5. The van der Waals surface area contributed by atoms with E-state index in [0.717, 1.165) is 44.5 Å². The summed E-state index contributed by atoms with van der Waals surface area (Å²) < 4.78 is 0. The quantitative estimate of drug-likeness (QED) is 0.822. The molecule has 1 fully saturated rings. The van der Waals surface area contributed by atoms with Crippen LogP contribution in [0.25, 0.3) is 0 Å². The molecule has 0 unspecified atom stereocenters. The molecule has 5 nitrogen and oxygen atoms in total. The van der Waals surface area contributed by atoms with Gasteiger partial charge in [-0.3, -0.25) is 9.59 Å². The third kappa shape index (κ3) is 4.23. The minimum atomic E-state index is -0.595. The number of hydrogen-bond donors (Lipinski definition) is 2. The van der Waals surface area contributed by atoms with E-state index in [4.69, 9.17) is 0 Å². The van der Waals surface area contributed by atoms with Crippen molar-refractivity contribution in [1.29, 1.82) is 0 Å². The van der Waals surface area contributed by atoms with Crippen molar-refractivity contribution in [3.05, 3.63) is 24.3 Å². The second-order valence-electron chi connectivity index (χ2n) is 5.63. The molecule has 0 aliphatic heterocycles. The molecule has 0 aromatic heterocycles. The zero-order valence-electron chi connectivity index (χ0n) is 13.4. The zero-order valence-corrected chi connectivity index (χ0v) is 13.4. The monoisotopic (exact) mass is 303 g/mol. The summed E-state index contributed by atoms with van der Waals surface area (Å²) in [6, 6.07) is 7.72. The second-order valence-corrected chi connectivity index (χ2v) is 5.63. The van der Waals surface area contributed by atoms with E-state index in [0.29, 0.717) is 5.69 Å². The minimum Gasteiger partial charge on any atom is -0.372 e. The fraction of sp³-hybridized carbons (Fsp3) is 0.529. The summed E-state index contributed by atoms with van der Waals surface area (Å²) in [5, 5.41) is 5.44. The molecule has 22 heavy (non-hydrogen) atoms. The van der Waals surface area contributed by atoms with E-state index < -0.39 is 11.8 Å². The van der Waals surface area contributed by atoms with Crippen molar-refractivity contribution in [2.45, 2.75) is 45.6 Å². The minimum absolute atomic E-state index is 0.156. The van der Waals surface area contributed by atoms with Gasteiger partial charge in [0, 0.05) is 30.5 Å². The van der Waals surface area contributed by atoms with Gasteiger partial charge in [0.05, 0.1) is 0 Å². The first kappa shape index (κ1) is 16.3. The Morgan fingerprint density at radius 1 is 1.05 bits per heavy atom. The smallest absolute Gasteiger partial charge is 0.313 e. The molecule has 0 heterocycles. The Labute approximate surface area is 132 Å². The molecule has 0 saturated heterocycles. The maximum atomic E-state index is 11.9. The number of anilines is 2. The molecule has 2 rings (SSSR count). The summed E-state index contributed by atoms with van der Waals surface area (Å²) in [5.74, 6) is -1.14. The molecule has 1 saturated carbocycles. The molecular formula is C17H25N3O2. The van der Waals surface area contributed by atoms with Gasteiger partial charge in [0.25, 0.3) is 0 Å². The zero-order chi connectivity index (χ0) is 15.9. The van der Waals surface area contributed by atoms with Gasteiger partial charge in [0.2, 0.25) is 0 Å². The fourth-order valence-electron chi connectivity index (χ4n) is 2.85. The van der Waals surface area contributed by atoms with Gasteiger partial charge >= 0.3 is 11.8 Å². The lowest BCUT2D eigenvalue weighted by atomic mass is 10.2. The Morgan fingerprint density at radius 2 is 1.64 bits per heavy atom. The lowest BCUT2D eigenvalue weighted by Gasteiger charge is -2.21. The molecule has 0 spiro atoms. The first-order chi connectivity index (χ1) is 10.6. The molecule has 1 aromatic carbocycles. The van der Waals surface area contributed by atoms with Gasteiger partial charge in [-0.15, -0.1) is 0 Å². The summed E-state index contributed by atoms with van der Waals surface area (Å²) in [6.07, 6.45) is 4.19. The van der Waals surface area contributed by atoms with Crippen LogP contribution in [0.15, 0.2) is 24.3 Å². The van der Waals surface area contributed by atoms with Gasteiger partial charge in [-0.25, -0.2) is 0 Å². The third-order valence-electron chi connectivity index (χ3n) is 4.15. The van der Waals surface area contributed by atoms with Crippen LogP contribution in [0.4, 0.5) is 11.4 Å². The Bertz CT molecular complexity index is 503. The summed E-state index contributed by atoms with van der Waals surface area (Å²) in [7, 11) is 0. The van der Waals surface area contributed by atoms with Crippen LogP contribution in [0.3, 0.4) is 0 Å². The maximum absolute atomic E-state index is 11.9. The lowest BCUT2D eigenvalue weighted by Crippen LogP contribution is -2.40. The molecule has 0 radical (unpaired) electrons. The summed E-state index contributed by atoms with van der Waals surface area (Å²) in [5.41, 5.74) is 1.75. The van der Waals surface area contributed by atoms with Crippen molar-refractivity contribution < 1.29 is 9.59 Å². The van der Waals surface area contributed by atoms with E-state index in [1.165, 1.54) is 0 Å². The highest BCUT2D eigenvalue weighted by Gasteiger charge is 2.21. The van der Waals surface area contributed by atoms with Crippen LogP contribution in [0, 0.1) is 0 Å². The van der Waals surface area contributed by atoms with E-state index >= 15 is 0 Å². The Balaban J connectivity index is 1.89. The molecule has 2 N–H and O–H groups in total. The number of nitrogens with one attached hydrogen (secondary N) is 2. The third-order valence-corrected chi connectivity index (χ3v) is 4.15. The van der Waals surface area contributed by atoms with Crippen LogP contribution in [-0.4, -0.2) is 30.9 Å². The maximum Gasteiger partial charge on any atom is 0.313 e. The highest BCUT2D eigenvalue weighted by molar-refractivity contribution is 6.39. The van der Waals surface area contributed by atoms with Gasteiger partial charge < -0.3 is 15.5 Å². The van der Waals surface area contributed by atoms with Gasteiger partial charge in [0.15, 0.2) is 0 Å². The van der Waals surface area contributed by atoms with Gasteiger partial charge in [-0.05, 0) is 51.0 Å². The molecule has 1 aliphatic carbocycles. The Hall–Kier alpha value is -2.04. The van der Waals surface area contributed by atoms with Crippen molar-refractivity contribution in [1.82, 2.24) is 5.32 Å². The van der Waals surface area contributed by atoms with Crippen molar-refractivity contribution >= 4 is 23.2 Å². The fourth-order valence-corrected chi connectivity index (χ4v) is 2.85. The highest BCUT2D eigenvalue weighted by atomic mass is 16.2. The average Bonchev–Trinajstić information content (AvgIpc) is 3.03. The largest absolute Gasteiger partial charge is 0.372 e. The summed E-state index contributed by atoms with van der Waals surface area (Å²) >= 11 is 0. The number of hydrogen-bond acceptors (Lipinski definition) is 3. The van der Waals surface area contributed by atoms with Crippen molar-refractivity contribution in [3.63, 3.8) is 0 Å². The molecule has 1 aromatic rings. The molecule has 1 aliphatic rings. The van der Waals surface area contributed by atoms with Crippen LogP contribution >= 0.6 is 0 Å². The first-order valence-electron chi connectivity index (χ1n) is 8.11. The van der Waals surface area contributed by atoms with Crippen molar-refractivity contribution in [2.75, 3.05) is 23.3 Å². The highest BCUT2D eigenvalue weighted by Crippen LogP contribution is 2.19. The molecule has 120 valence electrons. The lowest BCUT2D eigenvalue weighted by molar-refractivity contribution is -0.136. The van der Waals surface area contributed by atoms with Crippen LogP contribution in [0.2, 0.25) is 0 Å². The number of nitrogens with zero attached hydrogens (tertiary/aromatic N) is 1. The van der Waals surface area contributed by atoms with Crippen LogP contribution in [0.1, 0.15) is 39.5 Å². The van der Waals surface area contributed by atoms with Crippen LogP contribution in [0.5, 0.6) is 0 Å². The van der Waals surface area contributed by atoms with Crippen LogP contribution < -0.4 is 15.5 Å². The second kappa shape index (κ2) is 7.82. The molecule has 2 amide bonds. The molecule has 5 heteroatoms. The predicted octanol–water partition coefficient (Wildman–Crippen LogP) is 2.53. The van der Waals surface area contributed by atoms with E-state index in [2.05, 4.69) is 29.4 Å². The van der Waals surface area contributed by atoms with Gasteiger partial charge in [-0.2, -0.15) is 0 Å². The Kier molecular flexibility index (Phi) is 5.81. The van der Waals surface area contributed by atoms with Crippen molar-refractivity contribution in [2.24, 2.45) is 0 Å². The van der Waals surface area contributed by atoms with Crippen molar-refractivity contribution in [3.8, 4) is 0 Å². The standard InChI is InChI=1S/C17H25N3O2/c1-3-20(4-2)15-11-9-14(10-12-15)19-17(22)16(21)18-13-7-5-6-8-13/h9-13H,3-8H2,1-2H3,(H,18,21)(H,19,22). The topological polar surface area (TPSA) is 61.4 Å². The number of carbonyl (C=O) groups excluding carboxylic acids is 2. The first-order valence-corrected chi connectivity index (χ1v) is 8.11.